The van der Waals surface area contributed by atoms with Crippen molar-refractivity contribution in [1.82, 2.24) is 0 Å². The number of halogens is 4. The predicted molar refractivity (Wildman–Crippen MR) is 87.6 cm³/mol. The molecule has 2 nitrogen and oxygen atoms in total. The van der Waals surface area contributed by atoms with Gasteiger partial charge in [0.15, 0.2) is 23.1 Å². The molecular formula is C19H18F4O2. The molecule has 0 saturated heterocycles. The van der Waals surface area contributed by atoms with E-state index in [1.165, 1.54) is 18.4 Å². The number of rotatable bonds is 7. The minimum absolute atomic E-state index is 0.242. The van der Waals surface area contributed by atoms with Crippen LogP contribution in [-0.4, -0.2) is 6.61 Å². The van der Waals surface area contributed by atoms with Crippen LogP contribution >= 0.6 is 0 Å². The number of ether oxygens (including phenoxy) is 2. The molecule has 0 fully saturated rings. The van der Waals surface area contributed by atoms with Gasteiger partial charge in [0.25, 0.3) is 0 Å². The minimum Gasteiger partial charge on any atom is -0.490 e. The van der Waals surface area contributed by atoms with Crippen molar-refractivity contribution in [1.29, 1.82) is 0 Å². The van der Waals surface area contributed by atoms with Crippen molar-refractivity contribution in [3.8, 4) is 22.6 Å². The van der Waals surface area contributed by atoms with Gasteiger partial charge >= 0.3 is 0 Å². The summed E-state index contributed by atoms with van der Waals surface area (Å²) in [6, 6.07) is 4.64. The molecular weight excluding hydrogens is 336 g/mol. The zero-order valence-electron chi connectivity index (χ0n) is 13.9. The van der Waals surface area contributed by atoms with Crippen LogP contribution in [0.15, 0.2) is 36.6 Å². The molecule has 2 rings (SSSR count). The maximum Gasteiger partial charge on any atom is 0.201 e. The molecule has 0 unspecified atom stereocenters. The van der Waals surface area contributed by atoms with Crippen molar-refractivity contribution in [2.75, 3.05) is 6.61 Å². The van der Waals surface area contributed by atoms with Gasteiger partial charge < -0.3 is 9.47 Å². The van der Waals surface area contributed by atoms with Crippen molar-refractivity contribution in [3.05, 3.63) is 59.9 Å². The molecule has 0 aromatic heterocycles. The topological polar surface area (TPSA) is 18.5 Å². The second-order valence-corrected chi connectivity index (χ2v) is 5.27. The molecule has 0 spiro atoms. The lowest BCUT2D eigenvalue weighted by molar-refractivity contribution is 0.289. The van der Waals surface area contributed by atoms with E-state index in [0.717, 1.165) is 24.6 Å². The molecule has 0 heterocycles. The van der Waals surface area contributed by atoms with E-state index in [9.17, 15) is 17.6 Å². The minimum atomic E-state index is -1.32. The van der Waals surface area contributed by atoms with Crippen molar-refractivity contribution in [3.63, 3.8) is 0 Å². The summed E-state index contributed by atoms with van der Waals surface area (Å²) in [5.74, 6) is -5.74. The van der Waals surface area contributed by atoms with Gasteiger partial charge in [-0.1, -0.05) is 19.4 Å². The Morgan fingerprint density at radius 2 is 1.40 bits per heavy atom. The van der Waals surface area contributed by atoms with E-state index in [1.807, 2.05) is 6.92 Å². The van der Waals surface area contributed by atoms with E-state index in [2.05, 4.69) is 0 Å². The molecule has 0 amide bonds. The van der Waals surface area contributed by atoms with Gasteiger partial charge in [-0.2, -0.15) is 8.78 Å². The number of hydrogen-bond acceptors (Lipinski definition) is 2. The van der Waals surface area contributed by atoms with Crippen molar-refractivity contribution < 1.29 is 27.0 Å². The Kier molecular flexibility index (Phi) is 6.44. The van der Waals surface area contributed by atoms with Gasteiger partial charge in [0, 0.05) is 11.1 Å². The summed E-state index contributed by atoms with van der Waals surface area (Å²) in [5.41, 5.74) is -0.795. The molecule has 0 radical (unpaired) electrons. The van der Waals surface area contributed by atoms with Crippen LogP contribution in [0.1, 0.15) is 26.7 Å². The molecule has 0 bridgehead atoms. The van der Waals surface area contributed by atoms with Gasteiger partial charge in [-0.05, 0) is 37.6 Å². The predicted octanol–water partition coefficient (Wildman–Crippen LogP) is 6.00. The lowest BCUT2D eigenvalue weighted by Crippen LogP contribution is -2.02. The second-order valence-electron chi connectivity index (χ2n) is 5.27. The van der Waals surface area contributed by atoms with Gasteiger partial charge in [0.2, 0.25) is 11.6 Å². The van der Waals surface area contributed by atoms with E-state index in [4.69, 9.17) is 9.47 Å². The third-order valence-corrected chi connectivity index (χ3v) is 3.47. The molecule has 0 N–H and O–H groups in total. The first-order valence-electron chi connectivity index (χ1n) is 7.88. The molecule has 0 aliphatic carbocycles. The Labute approximate surface area is 143 Å². The Bertz CT molecular complexity index is 773. The van der Waals surface area contributed by atoms with Crippen LogP contribution in [0.4, 0.5) is 17.6 Å². The molecule has 0 aliphatic heterocycles. The largest absolute Gasteiger partial charge is 0.490 e. The third-order valence-electron chi connectivity index (χ3n) is 3.47. The third kappa shape index (κ3) is 4.13. The van der Waals surface area contributed by atoms with Gasteiger partial charge in [0.1, 0.15) is 0 Å². The Balaban J connectivity index is 2.38. The van der Waals surface area contributed by atoms with Gasteiger partial charge in [0.05, 0.1) is 12.9 Å². The van der Waals surface area contributed by atoms with Crippen molar-refractivity contribution >= 4 is 0 Å². The average Bonchev–Trinajstić information content (AvgIpc) is 2.61. The fourth-order valence-electron chi connectivity index (χ4n) is 2.15. The molecule has 6 heteroatoms. The van der Waals surface area contributed by atoms with E-state index in [1.54, 1.807) is 6.92 Å². The molecule has 25 heavy (non-hydrogen) atoms. The molecule has 0 atom stereocenters. The van der Waals surface area contributed by atoms with Crippen LogP contribution in [0.25, 0.3) is 11.1 Å². The standard InChI is InChI=1S/C19H18F4O2/c1-3-5-11-25-15-9-7-13(17(21)19(15)23)12-6-8-14(24-10-4-2)18(22)16(12)20/h4,6-10H,3,5,11H2,1-2H3/b10-4+. The smallest absolute Gasteiger partial charge is 0.201 e. The lowest BCUT2D eigenvalue weighted by Gasteiger charge is -2.12. The van der Waals surface area contributed by atoms with Crippen LogP contribution in [0.2, 0.25) is 0 Å². The first-order valence-corrected chi connectivity index (χ1v) is 7.88. The fourth-order valence-corrected chi connectivity index (χ4v) is 2.15. The highest BCUT2D eigenvalue weighted by molar-refractivity contribution is 5.67. The monoisotopic (exact) mass is 354 g/mol. The normalized spacial score (nSPS) is 11.1. The van der Waals surface area contributed by atoms with Gasteiger partial charge in [-0.25, -0.2) is 8.78 Å². The van der Waals surface area contributed by atoms with Crippen LogP contribution in [0.3, 0.4) is 0 Å². The number of unbranched alkanes of at least 4 members (excludes halogenated alkanes) is 1. The molecule has 2 aromatic rings. The van der Waals surface area contributed by atoms with Gasteiger partial charge in [-0.15, -0.1) is 0 Å². The number of allylic oxidation sites excluding steroid dienone is 1. The Morgan fingerprint density at radius 1 is 0.840 bits per heavy atom. The highest BCUT2D eigenvalue weighted by Gasteiger charge is 2.21. The molecule has 0 aliphatic rings. The van der Waals surface area contributed by atoms with Crippen LogP contribution in [0, 0.1) is 23.3 Å². The maximum absolute atomic E-state index is 14.3. The van der Waals surface area contributed by atoms with Gasteiger partial charge in [-0.3, -0.25) is 0 Å². The van der Waals surface area contributed by atoms with E-state index >= 15 is 0 Å². The molecule has 134 valence electrons. The lowest BCUT2D eigenvalue weighted by atomic mass is 10.0. The quantitative estimate of drug-likeness (QED) is 0.345. The molecule has 0 saturated carbocycles. The van der Waals surface area contributed by atoms with Crippen molar-refractivity contribution in [2.24, 2.45) is 0 Å². The van der Waals surface area contributed by atoms with E-state index in [-0.39, 0.29) is 18.1 Å². The SMILES string of the molecule is C/C=C/Oc1ccc(-c2ccc(OCCCC)c(F)c2F)c(F)c1F. The van der Waals surface area contributed by atoms with Crippen LogP contribution < -0.4 is 9.47 Å². The summed E-state index contributed by atoms with van der Waals surface area (Å²) >= 11 is 0. The summed E-state index contributed by atoms with van der Waals surface area (Å²) in [5, 5.41) is 0. The van der Waals surface area contributed by atoms with E-state index in [0.29, 0.717) is 6.42 Å². The summed E-state index contributed by atoms with van der Waals surface area (Å²) in [6.07, 6.45) is 4.21. The summed E-state index contributed by atoms with van der Waals surface area (Å²) in [7, 11) is 0. The second kappa shape index (κ2) is 8.55. The fraction of sp³-hybridized carbons (Fsp3) is 0.263. The average molecular weight is 354 g/mol. The Hall–Kier alpha value is -2.50. The summed E-state index contributed by atoms with van der Waals surface area (Å²) in [6.45, 7) is 3.82. The zero-order valence-corrected chi connectivity index (χ0v) is 13.9. The first-order chi connectivity index (χ1) is 12.0. The Morgan fingerprint density at radius 3 is 1.96 bits per heavy atom. The maximum atomic E-state index is 14.3. The van der Waals surface area contributed by atoms with Crippen LogP contribution in [0.5, 0.6) is 11.5 Å². The number of hydrogen-bond donors (Lipinski definition) is 0. The highest BCUT2D eigenvalue weighted by Crippen LogP contribution is 2.34. The molecule has 2 aromatic carbocycles. The highest BCUT2D eigenvalue weighted by atomic mass is 19.2. The zero-order chi connectivity index (χ0) is 18.4. The first kappa shape index (κ1) is 18.8. The number of benzene rings is 2. The van der Waals surface area contributed by atoms with E-state index < -0.39 is 34.4 Å². The van der Waals surface area contributed by atoms with Crippen LogP contribution in [-0.2, 0) is 0 Å². The summed E-state index contributed by atoms with van der Waals surface area (Å²) < 4.78 is 66.7. The summed E-state index contributed by atoms with van der Waals surface area (Å²) in [4.78, 5) is 0. The van der Waals surface area contributed by atoms with Crippen molar-refractivity contribution in [2.45, 2.75) is 26.7 Å².